The monoisotopic (exact) mass is 364 g/mol. The minimum absolute atomic E-state index is 0.505. The third-order valence-electron chi connectivity index (χ3n) is 3.09. The second kappa shape index (κ2) is 6.46. The molecule has 0 spiro atoms. The Labute approximate surface area is 136 Å². The highest BCUT2D eigenvalue weighted by atomic mass is 35.5. The highest BCUT2D eigenvalue weighted by molar-refractivity contribution is 7.89. The summed E-state index contributed by atoms with van der Waals surface area (Å²) in [5, 5.41) is -0.557. The Morgan fingerprint density at radius 1 is 1.17 bits per heavy atom. The van der Waals surface area contributed by atoms with Crippen LogP contribution in [0.5, 0.6) is 0 Å². The van der Waals surface area contributed by atoms with Crippen molar-refractivity contribution in [2.45, 2.75) is 24.0 Å². The van der Waals surface area contributed by atoms with Crippen molar-refractivity contribution in [2.75, 3.05) is 0 Å². The summed E-state index contributed by atoms with van der Waals surface area (Å²) in [5.74, 6) is 0. The van der Waals surface area contributed by atoms with Crippen molar-refractivity contribution in [1.29, 1.82) is 0 Å². The van der Waals surface area contributed by atoms with Gasteiger partial charge in [-0.05, 0) is 42.8 Å². The third kappa shape index (κ3) is 4.21. The fraction of sp³-hybridized carbons (Fsp3) is 0.214. The van der Waals surface area contributed by atoms with Gasteiger partial charge in [0.05, 0.1) is 15.5 Å². The molecule has 23 heavy (non-hydrogen) atoms. The van der Waals surface area contributed by atoms with Crippen molar-refractivity contribution in [3.05, 3.63) is 58.9 Å². The van der Waals surface area contributed by atoms with E-state index in [1.54, 1.807) is 19.1 Å². The Balaban J connectivity index is 2.34. The molecule has 1 atom stereocenters. The number of benzene rings is 1. The van der Waals surface area contributed by atoms with Gasteiger partial charge in [0.2, 0.25) is 10.0 Å². The van der Waals surface area contributed by atoms with Crippen LogP contribution in [0.2, 0.25) is 5.02 Å². The molecular weight excluding hydrogens is 353 g/mol. The van der Waals surface area contributed by atoms with Crippen LogP contribution in [0.3, 0.4) is 0 Å². The first-order chi connectivity index (χ1) is 10.6. The summed E-state index contributed by atoms with van der Waals surface area (Å²) in [7, 11) is -4.14. The van der Waals surface area contributed by atoms with Gasteiger partial charge in [-0.25, -0.2) is 13.1 Å². The van der Waals surface area contributed by atoms with E-state index in [4.69, 9.17) is 11.6 Å². The van der Waals surface area contributed by atoms with Crippen LogP contribution in [0.25, 0.3) is 0 Å². The maximum Gasteiger partial charge on any atom is 0.417 e. The Morgan fingerprint density at radius 2 is 1.78 bits per heavy atom. The maximum atomic E-state index is 12.8. The molecule has 0 fully saturated rings. The van der Waals surface area contributed by atoms with Gasteiger partial charge in [0.1, 0.15) is 0 Å². The van der Waals surface area contributed by atoms with Crippen LogP contribution in [-0.2, 0) is 16.2 Å². The number of nitrogens with one attached hydrogen (secondary N) is 1. The van der Waals surface area contributed by atoms with Gasteiger partial charge in [-0.3, -0.25) is 4.98 Å². The van der Waals surface area contributed by atoms with E-state index in [0.29, 0.717) is 11.6 Å². The summed E-state index contributed by atoms with van der Waals surface area (Å²) in [6.45, 7) is 1.58. The van der Waals surface area contributed by atoms with Gasteiger partial charge < -0.3 is 0 Å². The average Bonchev–Trinajstić information content (AvgIpc) is 2.46. The van der Waals surface area contributed by atoms with Crippen LogP contribution in [-0.4, -0.2) is 13.4 Å². The zero-order valence-corrected chi connectivity index (χ0v) is 13.4. The molecule has 0 saturated carbocycles. The van der Waals surface area contributed by atoms with Crippen molar-refractivity contribution in [1.82, 2.24) is 9.71 Å². The summed E-state index contributed by atoms with van der Waals surface area (Å²) in [4.78, 5) is 3.31. The molecule has 0 bridgehead atoms. The number of sulfonamides is 1. The Kier molecular flexibility index (Phi) is 4.98. The summed E-state index contributed by atoms with van der Waals surface area (Å²) in [5.41, 5.74) is -0.563. The number of alkyl halides is 3. The van der Waals surface area contributed by atoms with Crippen LogP contribution >= 0.6 is 11.6 Å². The molecule has 1 heterocycles. The van der Waals surface area contributed by atoms with Gasteiger partial charge >= 0.3 is 6.18 Å². The van der Waals surface area contributed by atoms with E-state index in [9.17, 15) is 21.6 Å². The highest BCUT2D eigenvalue weighted by Crippen LogP contribution is 2.36. The number of nitrogens with zero attached hydrogens (tertiary/aromatic N) is 1. The van der Waals surface area contributed by atoms with Crippen LogP contribution in [0.1, 0.15) is 24.1 Å². The van der Waals surface area contributed by atoms with E-state index >= 15 is 0 Å². The standard InChI is InChI=1S/C14H12ClF3N2O2S/c1-9(10-4-6-19-7-5-10)20-23(21,22)11-2-3-13(15)12(8-11)14(16,17)18/h2-9,20H,1H3/t9-/m1/s1. The molecule has 0 unspecified atom stereocenters. The summed E-state index contributed by atoms with van der Waals surface area (Å²) >= 11 is 5.49. The number of halogens is 4. The lowest BCUT2D eigenvalue weighted by atomic mass is 10.1. The zero-order chi connectivity index (χ0) is 17.3. The number of hydrogen-bond acceptors (Lipinski definition) is 3. The predicted molar refractivity (Wildman–Crippen MR) is 79.4 cm³/mol. The smallest absolute Gasteiger partial charge is 0.265 e. The van der Waals surface area contributed by atoms with E-state index < -0.39 is 37.7 Å². The van der Waals surface area contributed by atoms with Crippen LogP contribution in [0.4, 0.5) is 13.2 Å². The average molecular weight is 365 g/mol. The van der Waals surface area contributed by atoms with E-state index in [1.165, 1.54) is 12.4 Å². The van der Waals surface area contributed by atoms with E-state index in [0.717, 1.165) is 12.1 Å². The molecule has 1 aromatic heterocycles. The van der Waals surface area contributed by atoms with Gasteiger partial charge in [-0.15, -0.1) is 0 Å². The van der Waals surface area contributed by atoms with Gasteiger partial charge in [0.25, 0.3) is 0 Å². The molecule has 1 N–H and O–H groups in total. The third-order valence-corrected chi connectivity index (χ3v) is 4.96. The molecule has 9 heteroatoms. The first-order valence-corrected chi connectivity index (χ1v) is 8.26. The van der Waals surface area contributed by atoms with Gasteiger partial charge in [-0.1, -0.05) is 11.6 Å². The molecule has 2 rings (SSSR count). The number of rotatable bonds is 4. The fourth-order valence-corrected chi connectivity index (χ4v) is 3.39. The summed E-state index contributed by atoms with van der Waals surface area (Å²) in [6, 6.07) is 5.04. The molecule has 124 valence electrons. The first kappa shape index (κ1) is 17.7. The SMILES string of the molecule is C[C@@H](NS(=O)(=O)c1ccc(Cl)c(C(F)(F)F)c1)c1ccncc1. The lowest BCUT2D eigenvalue weighted by molar-refractivity contribution is -0.137. The highest BCUT2D eigenvalue weighted by Gasteiger charge is 2.34. The zero-order valence-electron chi connectivity index (χ0n) is 11.8. The molecular formula is C14H12ClF3N2O2S. The molecule has 0 aliphatic carbocycles. The van der Waals surface area contributed by atoms with E-state index in [1.807, 2.05) is 0 Å². The molecule has 0 saturated heterocycles. The molecule has 0 amide bonds. The van der Waals surface area contributed by atoms with E-state index in [2.05, 4.69) is 9.71 Å². The second-order valence-electron chi connectivity index (χ2n) is 4.76. The van der Waals surface area contributed by atoms with Crippen molar-refractivity contribution in [3.8, 4) is 0 Å². The Hall–Kier alpha value is -1.64. The number of aromatic nitrogens is 1. The summed E-state index contributed by atoms with van der Waals surface area (Å²) < 4.78 is 65.4. The topological polar surface area (TPSA) is 59.1 Å². The summed E-state index contributed by atoms with van der Waals surface area (Å²) in [6.07, 6.45) is -1.76. The van der Waals surface area contributed by atoms with Crippen molar-refractivity contribution < 1.29 is 21.6 Å². The van der Waals surface area contributed by atoms with Crippen LogP contribution < -0.4 is 4.72 Å². The van der Waals surface area contributed by atoms with Crippen LogP contribution in [0.15, 0.2) is 47.6 Å². The fourth-order valence-electron chi connectivity index (χ4n) is 1.91. The van der Waals surface area contributed by atoms with Crippen molar-refractivity contribution in [2.24, 2.45) is 0 Å². The number of pyridine rings is 1. The Morgan fingerprint density at radius 3 is 2.35 bits per heavy atom. The van der Waals surface area contributed by atoms with Gasteiger partial charge in [-0.2, -0.15) is 13.2 Å². The molecule has 0 radical (unpaired) electrons. The normalized spacial score (nSPS) is 13.8. The van der Waals surface area contributed by atoms with Gasteiger partial charge in [0, 0.05) is 18.4 Å². The molecule has 0 aliphatic rings. The first-order valence-electron chi connectivity index (χ1n) is 6.40. The van der Waals surface area contributed by atoms with Crippen molar-refractivity contribution in [3.63, 3.8) is 0 Å². The lowest BCUT2D eigenvalue weighted by Gasteiger charge is -2.16. The minimum atomic E-state index is -4.74. The van der Waals surface area contributed by atoms with Gasteiger partial charge in [0.15, 0.2) is 0 Å². The molecule has 1 aromatic carbocycles. The van der Waals surface area contributed by atoms with Crippen LogP contribution in [0, 0.1) is 0 Å². The predicted octanol–water partition coefficient (Wildman–Crippen LogP) is 3.79. The maximum absolute atomic E-state index is 12.8. The number of hydrogen-bond donors (Lipinski definition) is 1. The molecule has 0 aliphatic heterocycles. The van der Waals surface area contributed by atoms with E-state index in [-0.39, 0.29) is 0 Å². The Bertz CT molecular complexity index is 795. The molecule has 2 aromatic rings. The lowest BCUT2D eigenvalue weighted by Crippen LogP contribution is -2.27. The second-order valence-corrected chi connectivity index (χ2v) is 6.88. The quantitative estimate of drug-likeness (QED) is 0.897. The largest absolute Gasteiger partial charge is 0.417 e. The minimum Gasteiger partial charge on any atom is -0.265 e. The van der Waals surface area contributed by atoms with Crippen molar-refractivity contribution >= 4 is 21.6 Å². The molecule has 4 nitrogen and oxygen atoms in total.